The van der Waals surface area contributed by atoms with Crippen LogP contribution in [0.4, 0.5) is 5.82 Å². The van der Waals surface area contributed by atoms with Crippen LogP contribution in [0.5, 0.6) is 0 Å². The first-order chi connectivity index (χ1) is 9.03. The van der Waals surface area contributed by atoms with Crippen LogP contribution in [0.2, 0.25) is 0 Å². The Morgan fingerprint density at radius 1 is 1.42 bits per heavy atom. The number of carbonyl (C=O) groups excluding carboxylic acids is 1. The van der Waals surface area contributed by atoms with E-state index in [1.807, 2.05) is 26.2 Å². The first-order valence-corrected chi connectivity index (χ1v) is 6.99. The molecule has 1 atom stereocenters. The van der Waals surface area contributed by atoms with E-state index < -0.39 is 0 Å². The minimum atomic E-state index is 0.0607. The highest BCUT2D eigenvalue weighted by atomic mass is 16.2. The second-order valence-corrected chi connectivity index (χ2v) is 4.91. The summed E-state index contributed by atoms with van der Waals surface area (Å²) in [6, 6.07) is 3.97. The van der Waals surface area contributed by atoms with Crippen molar-refractivity contribution in [2.24, 2.45) is 0 Å². The molecule has 0 bridgehead atoms. The first kappa shape index (κ1) is 15.5. The van der Waals surface area contributed by atoms with Crippen molar-refractivity contribution in [1.29, 1.82) is 0 Å². The molecule has 1 amide bonds. The van der Waals surface area contributed by atoms with Gasteiger partial charge in [-0.3, -0.25) is 4.79 Å². The molecule has 1 unspecified atom stereocenters. The molecule has 0 saturated heterocycles. The van der Waals surface area contributed by atoms with E-state index in [0.29, 0.717) is 5.56 Å². The van der Waals surface area contributed by atoms with Gasteiger partial charge in [-0.1, -0.05) is 20.3 Å². The summed E-state index contributed by atoms with van der Waals surface area (Å²) in [6.45, 7) is 6.26. The molecule has 1 aromatic heterocycles. The lowest BCUT2D eigenvalue weighted by Crippen LogP contribution is -2.34. The number of carbonyl (C=O) groups is 1. The van der Waals surface area contributed by atoms with Gasteiger partial charge in [-0.25, -0.2) is 4.98 Å². The van der Waals surface area contributed by atoms with E-state index in [9.17, 15) is 4.79 Å². The molecule has 0 aliphatic carbocycles. The van der Waals surface area contributed by atoms with Gasteiger partial charge in [0, 0.05) is 31.4 Å². The van der Waals surface area contributed by atoms with E-state index in [1.165, 1.54) is 0 Å². The van der Waals surface area contributed by atoms with Crippen molar-refractivity contribution in [3.8, 4) is 0 Å². The quantitative estimate of drug-likeness (QED) is 0.858. The summed E-state index contributed by atoms with van der Waals surface area (Å²) in [6.07, 6.45) is 2.87. The molecule has 0 saturated carbocycles. The number of aromatic nitrogens is 1. The average molecular weight is 263 g/mol. The van der Waals surface area contributed by atoms with Crippen molar-refractivity contribution < 1.29 is 4.79 Å². The molecule has 1 rings (SSSR count). The molecule has 0 aliphatic rings. The SMILES string of the molecule is CCCc1cc(C(=O)N(C)C(C)CC)cc(NC)n1. The monoisotopic (exact) mass is 263 g/mol. The van der Waals surface area contributed by atoms with Gasteiger partial charge in [-0.05, 0) is 31.9 Å². The highest BCUT2D eigenvalue weighted by Gasteiger charge is 2.17. The summed E-state index contributed by atoms with van der Waals surface area (Å²) in [5.41, 5.74) is 1.68. The number of pyridine rings is 1. The van der Waals surface area contributed by atoms with Crippen LogP contribution in [-0.4, -0.2) is 35.9 Å². The van der Waals surface area contributed by atoms with E-state index in [0.717, 1.165) is 30.8 Å². The normalized spacial score (nSPS) is 12.1. The lowest BCUT2D eigenvalue weighted by molar-refractivity contribution is 0.0740. The summed E-state index contributed by atoms with van der Waals surface area (Å²) >= 11 is 0. The molecule has 0 fully saturated rings. The zero-order valence-electron chi connectivity index (χ0n) is 12.7. The Bertz CT molecular complexity index is 431. The van der Waals surface area contributed by atoms with Crippen LogP contribution in [0.3, 0.4) is 0 Å². The van der Waals surface area contributed by atoms with E-state index >= 15 is 0 Å². The molecule has 106 valence electrons. The summed E-state index contributed by atoms with van der Waals surface area (Å²) in [5, 5.41) is 3.02. The lowest BCUT2D eigenvalue weighted by atomic mass is 10.1. The van der Waals surface area contributed by atoms with E-state index in [2.05, 4.69) is 31.1 Å². The number of amides is 1. The maximum atomic E-state index is 12.4. The van der Waals surface area contributed by atoms with Gasteiger partial charge in [0.15, 0.2) is 0 Å². The molecule has 4 heteroatoms. The number of nitrogens with zero attached hydrogens (tertiary/aromatic N) is 2. The Hall–Kier alpha value is -1.58. The zero-order chi connectivity index (χ0) is 14.4. The van der Waals surface area contributed by atoms with Crippen molar-refractivity contribution in [2.45, 2.75) is 46.1 Å². The number of aryl methyl sites for hydroxylation is 1. The minimum Gasteiger partial charge on any atom is -0.373 e. The number of anilines is 1. The first-order valence-electron chi connectivity index (χ1n) is 6.99. The van der Waals surface area contributed by atoms with E-state index in [-0.39, 0.29) is 11.9 Å². The second-order valence-electron chi connectivity index (χ2n) is 4.91. The lowest BCUT2D eigenvalue weighted by Gasteiger charge is -2.24. The van der Waals surface area contributed by atoms with Gasteiger partial charge in [0.2, 0.25) is 0 Å². The predicted molar refractivity (Wildman–Crippen MR) is 79.6 cm³/mol. The van der Waals surface area contributed by atoms with Gasteiger partial charge in [0.25, 0.3) is 5.91 Å². The molecule has 0 radical (unpaired) electrons. The summed E-state index contributed by atoms with van der Waals surface area (Å²) in [7, 11) is 3.68. The molecule has 1 aromatic rings. The van der Waals surface area contributed by atoms with Gasteiger partial charge in [0.05, 0.1) is 0 Å². The Balaban J connectivity index is 3.04. The van der Waals surface area contributed by atoms with Crippen LogP contribution in [0.15, 0.2) is 12.1 Å². The number of rotatable bonds is 6. The maximum Gasteiger partial charge on any atom is 0.254 e. The van der Waals surface area contributed by atoms with Crippen LogP contribution in [0.25, 0.3) is 0 Å². The number of hydrogen-bond acceptors (Lipinski definition) is 3. The Morgan fingerprint density at radius 3 is 2.63 bits per heavy atom. The molecule has 4 nitrogen and oxygen atoms in total. The van der Waals surface area contributed by atoms with Crippen molar-refractivity contribution in [2.75, 3.05) is 19.4 Å². The predicted octanol–water partition coefficient (Wildman–Crippen LogP) is 2.95. The van der Waals surface area contributed by atoms with Crippen molar-refractivity contribution in [3.05, 3.63) is 23.4 Å². The summed E-state index contributed by atoms with van der Waals surface area (Å²) in [5.74, 6) is 0.817. The molecule has 0 aliphatic heterocycles. The summed E-state index contributed by atoms with van der Waals surface area (Å²) < 4.78 is 0. The highest BCUT2D eigenvalue weighted by Crippen LogP contribution is 2.15. The van der Waals surface area contributed by atoms with Crippen LogP contribution in [-0.2, 0) is 6.42 Å². The number of nitrogens with one attached hydrogen (secondary N) is 1. The topological polar surface area (TPSA) is 45.2 Å². The van der Waals surface area contributed by atoms with Gasteiger partial charge in [0.1, 0.15) is 5.82 Å². The third kappa shape index (κ3) is 3.94. The molecule has 1 heterocycles. The van der Waals surface area contributed by atoms with Crippen LogP contribution < -0.4 is 5.32 Å². The Kier molecular flexibility index (Phi) is 5.80. The number of hydrogen-bond donors (Lipinski definition) is 1. The molecular weight excluding hydrogens is 238 g/mol. The molecule has 1 N–H and O–H groups in total. The van der Waals surface area contributed by atoms with Crippen molar-refractivity contribution >= 4 is 11.7 Å². The fraction of sp³-hybridized carbons (Fsp3) is 0.600. The van der Waals surface area contributed by atoms with Crippen LogP contribution in [0, 0.1) is 0 Å². The molecule has 0 spiro atoms. The van der Waals surface area contributed by atoms with Gasteiger partial charge in [-0.15, -0.1) is 0 Å². The molecule has 0 aromatic carbocycles. The highest BCUT2D eigenvalue weighted by molar-refractivity contribution is 5.95. The Morgan fingerprint density at radius 2 is 2.11 bits per heavy atom. The third-order valence-electron chi connectivity index (χ3n) is 3.46. The maximum absolute atomic E-state index is 12.4. The van der Waals surface area contributed by atoms with Gasteiger partial charge < -0.3 is 10.2 Å². The minimum absolute atomic E-state index is 0.0607. The van der Waals surface area contributed by atoms with Crippen molar-refractivity contribution in [1.82, 2.24) is 9.88 Å². The molecule has 19 heavy (non-hydrogen) atoms. The largest absolute Gasteiger partial charge is 0.373 e. The third-order valence-corrected chi connectivity index (χ3v) is 3.46. The average Bonchev–Trinajstić information content (AvgIpc) is 2.44. The van der Waals surface area contributed by atoms with Crippen LogP contribution in [0.1, 0.15) is 49.7 Å². The van der Waals surface area contributed by atoms with Crippen LogP contribution >= 0.6 is 0 Å². The zero-order valence-corrected chi connectivity index (χ0v) is 12.7. The smallest absolute Gasteiger partial charge is 0.254 e. The Labute approximate surface area is 116 Å². The van der Waals surface area contributed by atoms with Crippen molar-refractivity contribution in [3.63, 3.8) is 0 Å². The van der Waals surface area contributed by atoms with Gasteiger partial charge in [-0.2, -0.15) is 0 Å². The standard InChI is InChI=1S/C15H25N3O/c1-6-8-13-9-12(10-14(16-4)17-13)15(19)18(5)11(3)7-2/h9-11H,6-8H2,1-5H3,(H,16,17). The van der Waals surface area contributed by atoms with E-state index in [4.69, 9.17) is 0 Å². The van der Waals surface area contributed by atoms with E-state index in [1.54, 1.807) is 4.90 Å². The fourth-order valence-electron chi connectivity index (χ4n) is 1.90. The fourth-order valence-corrected chi connectivity index (χ4v) is 1.90. The molecular formula is C15H25N3O. The summed E-state index contributed by atoms with van der Waals surface area (Å²) in [4.78, 5) is 18.7. The second kappa shape index (κ2) is 7.12. The van der Waals surface area contributed by atoms with Gasteiger partial charge >= 0.3 is 0 Å².